The molecule has 0 amide bonds. The summed E-state index contributed by atoms with van der Waals surface area (Å²) in [5.41, 5.74) is 1.16. The molecule has 7 heteroatoms. The Hall–Kier alpha value is -2.28. The minimum absolute atomic E-state index is 0.0839. The minimum Gasteiger partial charge on any atom is -0.337 e. The first-order valence-electron chi connectivity index (χ1n) is 6.98. The zero-order valence-corrected chi connectivity index (χ0v) is 12.2. The third-order valence-electron chi connectivity index (χ3n) is 3.71. The Morgan fingerprint density at radius 3 is 2.95 bits per heavy atom. The molecule has 1 aliphatic heterocycles. The molecule has 0 spiro atoms. The van der Waals surface area contributed by atoms with Crippen LogP contribution in [-0.2, 0) is 7.05 Å². The summed E-state index contributed by atoms with van der Waals surface area (Å²) in [6, 6.07) is 3.56. The lowest BCUT2D eigenvalue weighted by Crippen LogP contribution is -2.51. The maximum Gasteiger partial charge on any atom is 0.255 e. The Kier molecular flexibility index (Phi) is 3.66. The molecule has 3 heterocycles. The molecular weight excluding hydrogens is 268 g/mol. The summed E-state index contributed by atoms with van der Waals surface area (Å²) in [4.78, 5) is 27.1. The van der Waals surface area contributed by atoms with E-state index in [1.54, 1.807) is 23.9 Å². The van der Waals surface area contributed by atoms with Gasteiger partial charge in [0.05, 0.1) is 11.4 Å². The van der Waals surface area contributed by atoms with Gasteiger partial charge >= 0.3 is 0 Å². The van der Waals surface area contributed by atoms with Crippen molar-refractivity contribution in [2.24, 2.45) is 7.05 Å². The second-order valence-electron chi connectivity index (χ2n) is 5.18. The summed E-state index contributed by atoms with van der Waals surface area (Å²) < 4.78 is 1.59. The van der Waals surface area contributed by atoms with Gasteiger partial charge in [-0.25, -0.2) is 15.0 Å². The first-order chi connectivity index (χ1) is 10.2. The van der Waals surface area contributed by atoms with E-state index in [4.69, 9.17) is 0 Å². The van der Waals surface area contributed by atoms with Crippen molar-refractivity contribution in [2.45, 2.75) is 13.0 Å². The van der Waals surface area contributed by atoms with Crippen LogP contribution in [0.15, 0.2) is 29.5 Å². The highest BCUT2D eigenvalue weighted by Gasteiger charge is 2.22. The topological polar surface area (TPSA) is 75.9 Å². The summed E-state index contributed by atoms with van der Waals surface area (Å²) >= 11 is 0. The van der Waals surface area contributed by atoms with Gasteiger partial charge in [-0.3, -0.25) is 9.36 Å². The van der Waals surface area contributed by atoms with Crippen LogP contribution in [0, 0.1) is 0 Å². The van der Waals surface area contributed by atoms with Crippen molar-refractivity contribution in [1.82, 2.24) is 24.8 Å². The van der Waals surface area contributed by atoms with E-state index in [0.717, 1.165) is 19.6 Å². The molecule has 7 nitrogen and oxygen atoms in total. The van der Waals surface area contributed by atoms with Crippen LogP contribution < -0.4 is 15.8 Å². The normalized spacial score (nSPS) is 18.8. The highest BCUT2D eigenvalue weighted by Crippen LogP contribution is 2.18. The third-order valence-corrected chi connectivity index (χ3v) is 3.71. The standard InChI is InChI=1S/C14H18N6O/c1-10-8-15-5-6-20(10)14-18-12(7-13(21)19(14)2)11-3-4-16-9-17-11/h3-4,7,9-10,15H,5-6,8H2,1-2H3/t10-/m0/s1. The predicted molar refractivity (Wildman–Crippen MR) is 80.2 cm³/mol. The van der Waals surface area contributed by atoms with Crippen LogP contribution in [0.3, 0.4) is 0 Å². The molecule has 0 radical (unpaired) electrons. The summed E-state index contributed by atoms with van der Waals surface area (Å²) in [6.07, 6.45) is 3.11. The van der Waals surface area contributed by atoms with Crippen LogP contribution in [-0.4, -0.2) is 45.2 Å². The Labute approximate surface area is 122 Å². The first-order valence-corrected chi connectivity index (χ1v) is 6.98. The van der Waals surface area contributed by atoms with Gasteiger partial charge in [0, 0.05) is 45.0 Å². The van der Waals surface area contributed by atoms with E-state index >= 15 is 0 Å². The summed E-state index contributed by atoms with van der Waals surface area (Å²) in [7, 11) is 1.75. The fourth-order valence-corrected chi connectivity index (χ4v) is 2.50. The Bertz CT molecular complexity index is 684. The molecule has 1 fully saturated rings. The smallest absolute Gasteiger partial charge is 0.255 e. The van der Waals surface area contributed by atoms with Gasteiger partial charge in [-0.1, -0.05) is 0 Å². The number of aromatic nitrogens is 4. The highest BCUT2D eigenvalue weighted by atomic mass is 16.1. The molecule has 1 saturated heterocycles. The molecule has 0 unspecified atom stereocenters. The highest BCUT2D eigenvalue weighted by molar-refractivity contribution is 5.55. The zero-order chi connectivity index (χ0) is 14.8. The predicted octanol–water partition coefficient (Wildman–Crippen LogP) is 0.0354. The third kappa shape index (κ3) is 2.64. The first kappa shape index (κ1) is 13.7. The molecule has 21 heavy (non-hydrogen) atoms. The monoisotopic (exact) mass is 286 g/mol. The fraction of sp³-hybridized carbons (Fsp3) is 0.429. The summed E-state index contributed by atoms with van der Waals surface area (Å²) in [5.74, 6) is 0.685. The van der Waals surface area contributed by atoms with Gasteiger partial charge in [0.1, 0.15) is 6.33 Å². The van der Waals surface area contributed by atoms with E-state index in [9.17, 15) is 4.79 Å². The zero-order valence-electron chi connectivity index (χ0n) is 12.2. The molecule has 0 bridgehead atoms. The fourth-order valence-electron chi connectivity index (χ4n) is 2.50. The Morgan fingerprint density at radius 2 is 2.24 bits per heavy atom. The largest absolute Gasteiger partial charge is 0.337 e. The molecule has 1 atom stereocenters. The molecule has 0 aliphatic carbocycles. The van der Waals surface area contributed by atoms with Crippen molar-refractivity contribution in [2.75, 3.05) is 24.5 Å². The maximum atomic E-state index is 12.2. The van der Waals surface area contributed by atoms with E-state index in [-0.39, 0.29) is 11.6 Å². The van der Waals surface area contributed by atoms with E-state index in [1.165, 1.54) is 12.4 Å². The second kappa shape index (κ2) is 5.61. The minimum atomic E-state index is -0.0839. The maximum absolute atomic E-state index is 12.2. The quantitative estimate of drug-likeness (QED) is 0.840. The van der Waals surface area contributed by atoms with Crippen LogP contribution >= 0.6 is 0 Å². The molecular formula is C14H18N6O. The number of piperazine rings is 1. The molecule has 0 aromatic carbocycles. The van der Waals surface area contributed by atoms with Crippen LogP contribution in [0.2, 0.25) is 0 Å². The average Bonchev–Trinajstić information content (AvgIpc) is 2.51. The van der Waals surface area contributed by atoms with Crippen molar-refractivity contribution >= 4 is 5.95 Å². The summed E-state index contributed by atoms with van der Waals surface area (Å²) in [5, 5.41) is 3.34. The van der Waals surface area contributed by atoms with Crippen LogP contribution in [0.1, 0.15) is 6.92 Å². The number of hydrogen-bond donors (Lipinski definition) is 1. The number of rotatable bonds is 2. The van der Waals surface area contributed by atoms with Gasteiger partial charge < -0.3 is 10.2 Å². The van der Waals surface area contributed by atoms with E-state index in [0.29, 0.717) is 17.3 Å². The number of nitrogens with zero attached hydrogens (tertiary/aromatic N) is 5. The number of hydrogen-bond acceptors (Lipinski definition) is 6. The van der Waals surface area contributed by atoms with Gasteiger partial charge in [-0.05, 0) is 13.0 Å². The lowest BCUT2D eigenvalue weighted by atomic mass is 10.2. The summed E-state index contributed by atoms with van der Waals surface area (Å²) in [6.45, 7) is 4.72. The number of nitrogens with one attached hydrogen (secondary N) is 1. The van der Waals surface area contributed by atoms with E-state index in [1.807, 2.05) is 0 Å². The van der Waals surface area contributed by atoms with Crippen molar-refractivity contribution in [3.8, 4) is 11.4 Å². The molecule has 0 saturated carbocycles. The lowest BCUT2D eigenvalue weighted by molar-refractivity contribution is 0.485. The molecule has 1 aliphatic rings. The Morgan fingerprint density at radius 1 is 1.38 bits per heavy atom. The molecule has 110 valence electrons. The van der Waals surface area contributed by atoms with Crippen LogP contribution in [0.25, 0.3) is 11.4 Å². The number of anilines is 1. The average molecular weight is 286 g/mol. The van der Waals surface area contributed by atoms with Gasteiger partial charge in [-0.15, -0.1) is 0 Å². The molecule has 3 rings (SSSR count). The SMILES string of the molecule is C[C@H]1CNCCN1c1nc(-c2ccncn2)cc(=O)n1C. The van der Waals surface area contributed by atoms with E-state index in [2.05, 4.69) is 32.1 Å². The second-order valence-corrected chi connectivity index (χ2v) is 5.18. The van der Waals surface area contributed by atoms with Crippen LogP contribution in [0.4, 0.5) is 5.95 Å². The van der Waals surface area contributed by atoms with E-state index < -0.39 is 0 Å². The van der Waals surface area contributed by atoms with Crippen LogP contribution in [0.5, 0.6) is 0 Å². The molecule has 2 aromatic rings. The Balaban J connectivity index is 2.08. The van der Waals surface area contributed by atoms with Gasteiger partial charge in [0.2, 0.25) is 5.95 Å². The van der Waals surface area contributed by atoms with Crippen molar-refractivity contribution in [3.05, 3.63) is 35.0 Å². The van der Waals surface area contributed by atoms with Gasteiger partial charge in [-0.2, -0.15) is 0 Å². The van der Waals surface area contributed by atoms with Gasteiger partial charge in [0.25, 0.3) is 5.56 Å². The molecule has 1 N–H and O–H groups in total. The van der Waals surface area contributed by atoms with Crippen molar-refractivity contribution in [1.29, 1.82) is 0 Å². The van der Waals surface area contributed by atoms with Crippen molar-refractivity contribution < 1.29 is 0 Å². The van der Waals surface area contributed by atoms with Crippen molar-refractivity contribution in [3.63, 3.8) is 0 Å². The lowest BCUT2D eigenvalue weighted by Gasteiger charge is -2.35. The molecule has 2 aromatic heterocycles. The van der Waals surface area contributed by atoms with Gasteiger partial charge in [0.15, 0.2) is 0 Å².